The zero-order valence-corrected chi connectivity index (χ0v) is 13.2. The molecule has 0 radical (unpaired) electrons. The van der Waals surface area contributed by atoms with E-state index in [1.54, 1.807) is 12.1 Å². The van der Waals surface area contributed by atoms with Gasteiger partial charge in [0.15, 0.2) is 0 Å². The first-order valence-electron chi connectivity index (χ1n) is 6.76. The lowest BCUT2D eigenvalue weighted by Crippen LogP contribution is -2.46. The summed E-state index contributed by atoms with van der Waals surface area (Å²) in [6.07, 6.45) is 0. The molecule has 0 spiro atoms. The van der Waals surface area contributed by atoms with E-state index < -0.39 is 6.04 Å². The second kappa shape index (κ2) is 8.64. The van der Waals surface area contributed by atoms with E-state index in [0.29, 0.717) is 11.6 Å². The van der Waals surface area contributed by atoms with Crippen molar-refractivity contribution in [3.8, 4) is 0 Å². The summed E-state index contributed by atoms with van der Waals surface area (Å²) in [5.41, 5.74) is 0.959. The first-order chi connectivity index (χ1) is 9.93. The van der Waals surface area contributed by atoms with E-state index in [-0.39, 0.29) is 24.3 Å². The Kier molecular flexibility index (Phi) is 7.19. The van der Waals surface area contributed by atoms with Crippen LogP contribution in [-0.4, -0.2) is 31.6 Å². The van der Waals surface area contributed by atoms with Crippen molar-refractivity contribution in [1.29, 1.82) is 0 Å². The molecular formula is C15H21ClN2O3. The molecule has 0 aromatic heterocycles. The highest BCUT2D eigenvalue weighted by Crippen LogP contribution is 2.09. The van der Waals surface area contributed by atoms with Crippen molar-refractivity contribution in [2.45, 2.75) is 26.4 Å². The predicted octanol–water partition coefficient (Wildman–Crippen LogP) is 1.74. The summed E-state index contributed by atoms with van der Waals surface area (Å²) in [5.74, 6) is -0.503. The topological polar surface area (TPSA) is 67.4 Å². The van der Waals surface area contributed by atoms with E-state index in [9.17, 15) is 9.59 Å². The number of ether oxygens (including phenoxy) is 1. The number of benzene rings is 1. The largest absolute Gasteiger partial charge is 0.468 e. The molecule has 0 bridgehead atoms. The van der Waals surface area contributed by atoms with Gasteiger partial charge in [0.25, 0.3) is 0 Å². The van der Waals surface area contributed by atoms with Crippen LogP contribution in [0.1, 0.15) is 19.4 Å². The Bertz CT molecular complexity index is 474. The Morgan fingerprint density at radius 2 is 1.86 bits per heavy atom. The number of nitrogens with one attached hydrogen (secondary N) is 2. The van der Waals surface area contributed by atoms with Crippen molar-refractivity contribution in [1.82, 2.24) is 10.6 Å². The summed E-state index contributed by atoms with van der Waals surface area (Å²) < 4.78 is 4.70. The fourth-order valence-corrected chi connectivity index (χ4v) is 1.91. The fourth-order valence-electron chi connectivity index (χ4n) is 1.79. The lowest BCUT2D eigenvalue weighted by Gasteiger charge is -2.19. The van der Waals surface area contributed by atoms with Gasteiger partial charge >= 0.3 is 5.97 Å². The number of halogens is 1. The van der Waals surface area contributed by atoms with Crippen LogP contribution in [0.15, 0.2) is 24.3 Å². The quantitative estimate of drug-likeness (QED) is 0.753. The van der Waals surface area contributed by atoms with Crippen molar-refractivity contribution in [3.63, 3.8) is 0 Å². The van der Waals surface area contributed by atoms with Crippen LogP contribution < -0.4 is 10.6 Å². The van der Waals surface area contributed by atoms with Gasteiger partial charge in [0, 0.05) is 11.6 Å². The number of amides is 1. The molecule has 0 aliphatic carbocycles. The van der Waals surface area contributed by atoms with Crippen LogP contribution in [0.2, 0.25) is 5.02 Å². The maximum atomic E-state index is 11.8. The van der Waals surface area contributed by atoms with E-state index in [0.717, 1.165) is 5.56 Å². The minimum absolute atomic E-state index is 0.0431. The van der Waals surface area contributed by atoms with Gasteiger partial charge in [0.05, 0.1) is 13.7 Å². The number of hydrogen-bond acceptors (Lipinski definition) is 4. The molecule has 1 atom stereocenters. The Morgan fingerprint density at radius 3 is 2.38 bits per heavy atom. The summed E-state index contributed by atoms with van der Waals surface area (Å²) >= 11 is 5.79. The van der Waals surface area contributed by atoms with Crippen LogP contribution in [0.5, 0.6) is 0 Å². The van der Waals surface area contributed by atoms with Crippen LogP contribution in [0.25, 0.3) is 0 Å². The molecule has 1 aromatic rings. The van der Waals surface area contributed by atoms with E-state index in [1.807, 2.05) is 26.0 Å². The zero-order chi connectivity index (χ0) is 15.8. The van der Waals surface area contributed by atoms with Crippen molar-refractivity contribution >= 4 is 23.5 Å². The second-order valence-corrected chi connectivity index (χ2v) is 5.47. The normalized spacial score (nSPS) is 12.0. The van der Waals surface area contributed by atoms with Gasteiger partial charge in [-0.2, -0.15) is 0 Å². The molecule has 1 amide bonds. The third kappa shape index (κ3) is 6.14. The van der Waals surface area contributed by atoms with Gasteiger partial charge < -0.3 is 10.1 Å². The van der Waals surface area contributed by atoms with Crippen LogP contribution in [0.3, 0.4) is 0 Å². The summed E-state index contributed by atoms with van der Waals surface area (Å²) in [5, 5.41) is 6.34. The average Bonchev–Trinajstić information content (AvgIpc) is 2.46. The molecule has 2 N–H and O–H groups in total. The monoisotopic (exact) mass is 312 g/mol. The van der Waals surface area contributed by atoms with Gasteiger partial charge in [0.2, 0.25) is 5.91 Å². The highest BCUT2D eigenvalue weighted by atomic mass is 35.5. The fraction of sp³-hybridized carbons (Fsp3) is 0.467. The predicted molar refractivity (Wildman–Crippen MR) is 81.9 cm³/mol. The third-order valence-electron chi connectivity index (χ3n) is 3.01. The van der Waals surface area contributed by atoms with Crippen molar-refractivity contribution < 1.29 is 14.3 Å². The standard InChI is InChI=1S/C15H21ClN2O3/c1-10(2)14(15(20)21-3)18-9-13(19)17-8-11-4-6-12(16)7-5-11/h4-7,10,14,18H,8-9H2,1-3H3,(H,17,19). The molecule has 116 valence electrons. The lowest BCUT2D eigenvalue weighted by molar-refractivity contribution is -0.144. The molecule has 6 heteroatoms. The number of methoxy groups -OCH3 is 1. The summed E-state index contributed by atoms with van der Waals surface area (Å²) in [4.78, 5) is 23.3. The Balaban J connectivity index is 2.39. The van der Waals surface area contributed by atoms with E-state index in [2.05, 4.69) is 10.6 Å². The molecule has 0 heterocycles. The van der Waals surface area contributed by atoms with E-state index >= 15 is 0 Å². The van der Waals surface area contributed by atoms with E-state index in [1.165, 1.54) is 7.11 Å². The summed E-state index contributed by atoms with van der Waals surface area (Å²) in [6.45, 7) is 4.26. The number of hydrogen-bond donors (Lipinski definition) is 2. The van der Waals surface area contributed by atoms with E-state index in [4.69, 9.17) is 16.3 Å². The number of esters is 1. The minimum Gasteiger partial charge on any atom is -0.468 e. The molecule has 0 saturated carbocycles. The van der Waals surface area contributed by atoms with Crippen molar-refractivity contribution in [3.05, 3.63) is 34.9 Å². The molecule has 1 aromatic carbocycles. The molecule has 0 aliphatic rings. The van der Waals surface area contributed by atoms with Crippen LogP contribution in [-0.2, 0) is 20.9 Å². The minimum atomic E-state index is -0.490. The molecule has 5 nitrogen and oxygen atoms in total. The number of rotatable bonds is 7. The highest BCUT2D eigenvalue weighted by molar-refractivity contribution is 6.30. The molecule has 21 heavy (non-hydrogen) atoms. The van der Waals surface area contributed by atoms with Gasteiger partial charge in [-0.15, -0.1) is 0 Å². The Hall–Kier alpha value is -1.59. The summed E-state index contributed by atoms with van der Waals surface area (Å²) in [6, 6.07) is 6.75. The van der Waals surface area contributed by atoms with Crippen LogP contribution in [0.4, 0.5) is 0 Å². The summed E-state index contributed by atoms with van der Waals surface area (Å²) in [7, 11) is 1.33. The van der Waals surface area contributed by atoms with Crippen molar-refractivity contribution in [2.75, 3.05) is 13.7 Å². The lowest BCUT2D eigenvalue weighted by atomic mass is 10.0. The molecule has 1 unspecified atom stereocenters. The first kappa shape index (κ1) is 17.5. The SMILES string of the molecule is COC(=O)C(NCC(=O)NCc1ccc(Cl)cc1)C(C)C. The maximum absolute atomic E-state index is 11.8. The first-order valence-corrected chi connectivity index (χ1v) is 7.14. The molecule has 0 aliphatic heterocycles. The van der Waals surface area contributed by atoms with Crippen LogP contribution >= 0.6 is 11.6 Å². The molecule has 1 rings (SSSR count). The van der Waals surface area contributed by atoms with Gasteiger partial charge in [-0.3, -0.25) is 14.9 Å². The Morgan fingerprint density at radius 1 is 1.24 bits per heavy atom. The van der Waals surface area contributed by atoms with Gasteiger partial charge in [-0.05, 0) is 23.6 Å². The van der Waals surface area contributed by atoms with Gasteiger partial charge in [0.1, 0.15) is 6.04 Å². The Labute approximate surface area is 130 Å². The smallest absolute Gasteiger partial charge is 0.323 e. The van der Waals surface area contributed by atoms with Gasteiger partial charge in [-0.25, -0.2) is 0 Å². The molecular weight excluding hydrogens is 292 g/mol. The number of carbonyl (C=O) groups excluding carboxylic acids is 2. The van der Waals surface area contributed by atoms with Gasteiger partial charge in [-0.1, -0.05) is 37.6 Å². The van der Waals surface area contributed by atoms with Crippen molar-refractivity contribution in [2.24, 2.45) is 5.92 Å². The molecule has 0 saturated heterocycles. The highest BCUT2D eigenvalue weighted by Gasteiger charge is 2.22. The zero-order valence-electron chi connectivity index (χ0n) is 12.5. The van der Waals surface area contributed by atoms with Crippen LogP contribution in [0, 0.1) is 5.92 Å². The maximum Gasteiger partial charge on any atom is 0.323 e. The molecule has 0 fully saturated rings. The average molecular weight is 313 g/mol. The second-order valence-electron chi connectivity index (χ2n) is 5.03. The number of carbonyl (C=O) groups is 2. The third-order valence-corrected chi connectivity index (χ3v) is 3.26.